The average molecular weight is 505 g/mol. The summed E-state index contributed by atoms with van der Waals surface area (Å²) in [6.07, 6.45) is 6.13. The molecule has 4 aromatic rings. The van der Waals surface area contributed by atoms with Crippen molar-refractivity contribution >= 4 is 33.7 Å². The molecule has 0 aliphatic carbocycles. The van der Waals surface area contributed by atoms with Gasteiger partial charge in [-0.15, -0.1) is 11.3 Å². The Kier molecular flexibility index (Phi) is 8.46. The number of aromatic nitrogens is 2. The van der Waals surface area contributed by atoms with E-state index in [1.165, 1.54) is 28.4 Å². The molecule has 0 radical (unpaired) electrons. The Morgan fingerprint density at radius 2 is 2.00 bits per heavy atom. The van der Waals surface area contributed by atoms with Gasteiger partial charge in [-0.3, -0.25) is 14.2 Å². The minimum atomic E-state index is -0.436. The molecule has 0 saturated heterocycles. The van der Waals surface area contributed by atoms with Crippen molar-refractivity contribution in [1.82, 2.24) is 15.0 Å². The first-order valence-corrected chi connectivity index (χ1v) is 12.6. The zero-order valence-electron chi connectivity index (χ0n) is 20.3. The molecular formula is C27H28N4O4S. The maximum Gasteiger partial charge on any atom is 0.263 e. The summed E-state index contributed by atoms with van der Waals surface area (Å²) in [5.74, 6) is 0.826. The van der Waals surface area contributed by atoms with E-state index in [0.29, 0.717) is 28.3 Å². The third-order valence-electron chi connectivity index (χ3n) is 5.56. The van der Waals surface area contributed by atoms with Crippen LogP contribution in [0.1, 0.15) is 31.7 Å². The fourth-order valence-electron chi connectivity index (χ4n) is 3.70. The largest absolute Gasteiger partial charge is 0.493 e. The second-order valence-electron chi connectivity index (χ2n) is 8.13. The lowest BCUT2D eigenvalue weighted by Gasteiger charge is -2.11. The van der Waals surface area contributed by atoms with E-state index in [1.807, 2.05) is 47.8 Å². The highest BCUT2D eigenvalue weighted by Gasteiger charge is 2.14. The van der Waals surface area contributed by atoms with Crippen LogP contribution in [-0.4, -0.2) is 35.4 Å². The molecule has 0 atom stereocenters. The number of hydrogen-bond acceptors (Lipinski definition) is 7. The van der Waals surface area contributed by atoms with Crippen molar-refractivity contribution in [2.24, 2.45) is 5.10 Å². The molecule has 9 heteroatoms. The van der Waals surface area contributed by atoms with E-state index >= 15 is 0 Å². The van der Waals surface area contributed by atoms with Crippen LogP contribution >= 0.6 is 11.3 Å². The third kappa shape index (κ3) is 5.98. The van der Waals surface area contributed by atoms with E-state index in [4.69, 9.17) is 9.47 Å². The van der Waals surface area contributed by atoms with Gasteiger partial charge in [-0.05, 0) is 35.7 Å². The van der Waals surface area contributed by atoms with Gasteiger partial charge < -0.3 is 9.47 Å². The maximum atomic E-state index is 13.1. The molecule has 186 valence electrons. The van der Waals surface area contributed by atoms with Crippen molar-refractivity contribution in [2.75, 3.05) is 13.7 Å². The molecule has 0 aliphatic rings. The monoisotopic (exact) mass is 504 g/mol. The van der Waals surface area contributed by atoms with E-state index in [-0.39, 0.29) is 12.1 Å². The van der Waals surface area contributed by atoms with Gasteiger partial charge in [0.1, 0.15) is 11.4 Å². The summed E-state index contributed by atoms with van der Waals surface area (Å²) in [6, 6.07) is 15.1. The lowest BCUT2D eigenvalue weighted by molar-refractivity contribution is -0.121. The van der Waals surface area contributed by atoms with Crippen LogP contribution in [0.5, 0.6) is 11.5 Å². The number of hydrogen-bond donors (Lipinski definition) is 1. The quantitative estimate of drug-likeness (QED) is 0.179. The molecule has 1 amide bonds. The van der Waals surface area contributed by atoms with E-state index < -0.39 is 5.91 Å². The zero-order valence-corrected chi connectivity index (χ0v) is 21.1. The summed E-state index contributed by atoms with van der Waals surface area (Å²) in [7, 11) is 1.58. The molecule has 0 saturated carbocycles. The molecular weight excluding hydrogens is 476 g/mol. The first kappa shape index (κ1) is 25.1. The minimum Gasteiger partial charge on any atom is -0.493 e. The number of fused-ring (bicyclic) bond motifs is 1. The second-order valence-corrected chi connectivity index (χ2v) is 8.99. The first-order chi connectivity index (χ1) is 17.6. The number of rotatable bonds is 11. The number of unbranched alkanes of at least 4 members (excludes halogenated alkanes) is 2. The van der Waals surface area contributed by atoms with Gasteiger partial charge >= 0.3 is 0 Å². The van der Waals surface area contributed by atoms with Gasteiger partial charge in [0.2, 0.25) is 0 Å². The molecule has 0 unspecified atom stereocenters. The fourth-order valence-corrected chi connectivity index (χ4v) is 4.60. The number of carbonyl (C=O) groups excluding carboxylic acids is 1. The summed E-state index contributed by atoms with van der Waals surface area (Å²) in [4.78, 5) is 30.6. The Morgan fingerprint density at radius 1 is 1.17 bits per heavy atom. The SMILES string of the molecule is CCCCCOc1ccc(/C=N\NC(=O)Cn2cnc3scc(-c4ccccc4)c3c2=O)cc1OC. The molecule has 2 heterocycles. The molecule has 2 aromatic heterocycles. The zero-order chi connectivity index (χ0) is 25.3. The highest BCUT2D eigenvalue weighted by atomic mass is 32.1. The van der Waals surface area contributed by atoms with E-state index in [1.54, 1.807) is 13.2 Å². The number of ether oxygens (including phenoxy) is 2. The van der Waals surface area contributed by atoms with Crippen molar-refractivity contribution in [2.45, 2.75) is 32.7 Å². The minimum absolute atomic E-state index is 0.197. The van der Waals surface area contributed by atoms with Gasteiger partial charge in [-0.1, -0.05) is 50.1 Å². The molecule has 0 bridgehead atoms. The highest BCUT2D eigenvalue weighted by molar-refractivity contribution is 7.17. The Bertz CT molecular complexity index is 1410. The number of carbonyl (C=O) groups is 1. The standard InChI is InChI=1S/C27H28N4O4S/c1-3-4-8-13-35-22-12-11-19(14-23(22)34-2)15-29-30-24(32)16-31-18-28-26-25(27(31)33)21(17-36-26)20-9-6-5-7-10-20/h5-7,9-12,14-15,17-18H,3-4,8,13,16H2,1-2H3,(H,30,32)/b29-15-. The van der Waals surface area contributed by atoms with Gasteiger partial charge in [0.25, 0.3) is 11.5 Å². The number of nitrogens with one attached hydrogen (secondary N) is 1. The van der Waals surface area contributed by atoms with E-state index in [9.17, 15) is 9.59 Å². The van der Waals surface area contributed by atoms with E-state index in [0.717, 1.165) is 36.0 Å². The Morgan fingerprint density at radius 3 is 2.78 bits per heavy atom. The molecule has 36 heavy (non-hydrogen) atoms. The van der Waals surface area contributed by atoms with Gasteiger partial charge in [-0.2, -0.15) is 5.10 Å². The summed E-state index contributed by atoms with van der Waals surface area (Å²) in [6.45, 7) is 2.58. The van der Waals surface area contributed by atoms with E-state index in [2.05, 4.69) is 22.4 Å². The van der Waals surface area contributed by atoms with Crippen LogP contribution in [0, 0.1) is 0 Å². The smallest absolute Gasteiger partial charge is 0.263 e. The van der Waals surface area contributed by atoms with Crippen molar-refractivity contribution < 1.29 is 14.3 Å². The van der Waals surface area contributed by atoms with Gasteiger partial charge in [0.05, 0.1) is 31.6 Å². The average Bonchev–Trinajstić information content (AvgIpc) is 3.34. The van der Waals surface area contributed by atoms with Crippen LogP contribution in [0.3, 0.4) is 0 Å². The normalized spacial score (nSPS) is 11.2. The van der Waals surface area contributed by atoms with Crippen molar-refractivity contribution in [3.05, 3.63) is 76.2 Å². The lowest BCUT2D eigenvalue weighted by Crippen LogP contribution is -2.30. The Balaban J connectivity index is 1.41. The number of hydrazone groups is 1. The van der Waals surface area contributed by atoms with Crippen LogP contribution in [-0.2, 0) is 11.3 Å². The maximum absolute atomic E-state index is 13.1. The topological polar surface area (TPSA) is 94.8 Å². The van der Waals surface area contributed by atoms with Crippen LogP contribution in [0.4, 0.5) is 0 Å². The van der Waals surface area contributed by atoms with Gasteiger partial charge in [0, 0.05) is 10.9 Å². The van der Waals surface area contributed by atoms with Crippen LogP contribution in [0.25, 0.3) is 21.3 Å². The number of nitrogens with zero attached hydrogens (tertiary/aromatic N) is 3. The van der Waals surface area contributed by atoms with Crippen molar-refractivity contribution in [3.8, 4) is 22.6 Å². The Labute approximate surface area is 213 Å². The van der Waals surface area contributed by atoms with Crippen LogP contribution < -0.4 is 20.5 Å². The molecule has 0 fully saturated rings. The molecule has 2 aromatic carbocycles. The van der Waals surface area contributed by atoms with Crippen LogP contribution in [0.15, 0.2) is 70.1 Å². The van der Waals surface area contributed by atoms with Crippen molar-refractivity contribution in [1.29, 1.82) is 0 Å². The summed E-state index contributed by atoms with van der Waals surface area (Å²) in [5.41, 5.74) is 4.68. The molecule has 1 N–H and O–H groups in total. The third-order valence-corrected chi connectivity index (χ3v) is 6.44. The lowest BCUT2D eigenvalue weighted by atomic mass is 10.1. The first-order valence-electron chi connectivity index (χ1n) is 11.8. The fraction of sp³-hybridized carbons (Fsp3) is 0.259. The number of methoxy groups -OCH3 is 1. The van der Waals surface area contributed by atoms with Gasteiger partial charge in [0.15, 0.2) is 11.5 Å². The molecule has 0 aliphatic heterocycles. The summed E-state index contributed by atoms with van der Waals surface area (Å²) >= 11 is 1.40. The summed E-state index contributed by atoms with van der Waals surface area (Å²) in [5, 5.41) is 6.45. The number of thiophene rings is 1. The van der Waals surface area contributed by atoms with Crippen molar-refractivity contribution in [3.63, 3.8) is 0 Å². The Hall–Kier alpha value is -3.98. The molecule has 8 nitrogen and oxygen atoms in total. The number of amides is 1. The predicted molar refractivity (Wildman–Crippen MR) is 143 cm³/mol. The van der Waals surface area contributed by atoms with Crippen LogP contribution in [0.2, 0.25) is 0 Å². The highest BCUT2D eigenvalue weighted by Crippen LogP contribution is 2.30. The molecule has 0 spiro atoms. The second kappa shape index (κ2) is 12.1. The predicted octanol–water partition coefficient (Wildman–Crippen LogP) is 4.85. The molecule has 4 rings (SSSR count). The number of benzene rings is 2. The van der Waals surface area contributed by atoms with Gasteiger partial charge in [-0.25, -0.2) is 10.4 Å². The summed E-state index contributed by atoms with van der Waals surface area (Å²) < 4.78 is 12.5.